The molecule has 0 radical (unpaired) electrons. The molecular formula is C17H18O2. The molecule has 0 atom stereocenters. The summed E-state index contributed by atoms with van der Waals surface area (Å²) in [6.45, 7) is 5.73. The summed E-state index contributed by atoms with van der Waals surface area (Å²) < 4.78 is 0. The number of carboxylic acids is 1. The zero-order chi connectivity index (χ0) is 14.0. The van der Waals surface area contributed by atoms with Crippen LogP contribution in [-0.4, -0.2) is 11.1 Å². The average molecular weight is 254 g/mol. The van der Waals surface area contributed by atoms with Gasteiger partial charge < -0.3 is 5.11 Å². The molecule has 0 fully saturated rings. The van der Waals surface area contributed by atoms with Gasteiger partial charge in [-0.3, -0.25) is 0 Å². The van der Waals surface area contributed by atoms with E-state index in [4.69, 9.17) is 0 Å². The summed E-state index contributed by atoms with van der Waals surface area (Å²) in [7, 11) is 0. The molecule has 0 heterocycles. The zero-order valence-corrected chi connectivity index (χ0v) is 11.5. The third-order valence-electron chi connectivity index (χ3n) is 3.12. The first-order chi connectivity index (χ1) is 8.88. The lowest BCUT2D eigenvalue weighted by atomic mass is 9.85. The molecule has 0 bridgehead atoms. The second kappa shape index (κ2) is 4.88. The van der Waals surface area contributed by atoms with E-state index in [-0.39, 0.29) is 5.41 Å². The Hall–Kier alpha value is -2.09. The van der Waals surface area contributed by atoms with E-state index in [0.29, 0.717) is 5.57 Å². The summed E-state index contributed by atoms with van der Waals surface area (Å²) in [5, 5.41) is 11.6. The summed E-state index contributed by atoms with van der Waals surface area (Å²) >= 11 is 0. The van der Waals surface area contributed by atoms with Gasteiger partial charge in [0.05, 0.1) is 0 Å². The molecule has 0 unspecified atom stereocenters. The molecule has 0 aliphatic heterocycles. The monoisotopic (exact) mass is 254 g/mol. The Labute approximate surface area is 113 Å². The number of fused-ring (bicyclic) bond motifs is 1. The van der Waals surface area contributed by atoms with Gasteiger partial charge >= 0.3 is 5.97 Å². The summed E-state index contributed by atoms with van der Waals surface area (Å²) in [5.74, 6) is -0.861. The smallest absolute Gasteiger partial charge is 0.332 e. The first-order valence-electron chi connectivity index (χ1n) is 6.32. The minimum Gasteiger partial charge on any atom is -0.478 e. The van der Waals surface area contributed by atoms with Crippen LogP contribution in [0, 0.1) is 5.41 Å². The van der Waals surface area contributed by atoms with Gasteiger partial charge in [0.1, 0.15) is 0 Å². The van der Waals surface area contributed by atoms with Gasteiger partial charge in [-0.1, -0.05) is 57.2 Å². The van der Waals surface area contributed by atoms with E-state index in [9.17, 15) is 9.90 Å². The van der Waals surface area contributed by atoms with Crippen LogP contribution in [0.5, 0.6) is 0 Å². The lowest BCUT2D eigenvalue weighted by molar-refractivity contribution is -0.133. The molecule has 0 aromatic heterocycles. The molecule has 0 aliphatic carbocycles. The maximum Gasteiger partial charge on any atom is 0.332 e. The number of rotatable bonds is 2. The van der Waals surface area contributed by atoms with Crippen LogP contribution in [0.1, 0.15) is 26.3 Å². The standard InChI is InChI=1S/C17H18O2/c1-17(2,3)15(16(18)19)11-12-8-9-13-6-4-5-7-14(13)10-12/h4-11H,1-3H3,(H,18,19)/b15-11+. The largest absolute Gasteiger partial charge is 0.478 e. The van der Waals surface area contributed by atoms with Crippen molar-refractivity contribution >= 4 is 22.8 Å². The second-order valence-electron chi connectivity index (χ2n) is 5.72. The molecule has 0 aliphatic rings. The van der Waals surface area contributed by atoms with Crippen LogP contribution in [0.25, 0.3) is 16.8 Å². The molecule has 0 spiro atoms. The predicted octanol–water partition coefficient (Wildman–Crippen LogP) is 4.35. The SMILES string of the molecule is CC(C)(C)/C(=C/c1ccc2ccccc2c1)C(=O)O. The van der Waals surface area contributed by atoms with Crippen molar-refractivity contribution in [1.29, 1.82) is 0 Å². The van der Waals surface area contributed by atoms with Gasteiger partial charge in [0.15, 0.2) is 0 Å². The molecule has 0 saturated carbocycles. The van der Waals surface area contributed by atoms with Gasteiger partial charge in [-0.15, -0.1) is 0 Å². The Morgan fingerprint density at radius 3 is 2.26 bits per heavy atom. The Morgan fingerprint density at radius 1 is 1.05 bits per heavy atom. The first kappa shape index (κ1) is 13.3. The van der Waals surface area contributed by atoms with Gasteiger partial charge in [-0.25, -0.2) is 4.79 Å². The summed E-state index contributed by atoms with van der Waals surface area (Å²) in [6.07, 6.45) is 1.76. The van der Waals surface area contributed by atoms with Crippen molar-refractivity contribution in [1.82, 2.24) is 0 Å². The highest BCUT2D eigenvalue weighted by Gasteiger charge is 2.23. The van der Waals surface area contributed by atoms with Gasteiger partial charge in [-0.05, 0) is 33.9 Å². The normalized spacial score (nSPS) is 12.7. The van der Waals surface area contributed by atoms with E-state index >= 15 is 0 Å². The highest BCUT2D eigenvalue weighted by Crippen LogP contribution is 2.28. The maximum atomic E-state index is 11.3. The van der Waals surface area contributed by atoms with E-state index in [0.717, 1.165) is 16.3 Å². The van der Waals surface area contributed by atoms with Crippen LogP contribution >= 0.6 is 0 Å². The molecule has 2 aromatic carbocycles. The number of hydrogen-bond donors (Lipinski definition) is 1. The molecule has 19 heavy (non-hydrogen) atoms. The summed E-state index contributed by atoms with van der Waals surface area (Å²) in [5.41, 5.74) is 0.964. The van der Waals surface area contributed by atoms with E-state index in [2.05, 4.69) is 0 Å². The fourth-order valence-corrected chi connectivity index (χ4v) is 2.06. The van der Waals surface area contributed by atoms with E-state index in [1.165, 1.54) is 0 Å². The van der Waals surface area contributed by atoms with E-state index in [1.807, 2.05) is 63.2 Å². The topological polar surface area (TPSA) is 37.3 Å². The van der Waals surface area contributed by atoms with Gasteiger partial charge in [-0.2, -0.15) is 0 Å². The van der Waals surface area contributed by atoms with Crippen LogP contribution in [-0.2, 0) is 4.79 Å². The third kappa shape index (κ3) is 3.02. The van der Waals surface area contributed by atoms with Crippen LogP contribution in [0.2, 0.25) is 0 Å². The lowest BCUT2D eigenvalue weighted by Crippen LogP contribution is -2.17. The number of aliphatic carboxylic acids is 1. The Kier molecular flexibility index (Phi) is 3.43. The third-order valence-corrected chi connectivity index (χ3v) is 3.12. The molecule has 0 amide bonds. The van der Waals surface area contributed by atoms with Gasteiger partial charge in [0, 0.05) is 5.57 Å². The lowest BCUT2D eigenvalue weighted by Gasteiger charge is -2.19. The van der Waals surface area contributed by atoms with Gasteiger partial charge in [0.25, 0.3) is 0 Å². The maximum absolute atomic E-state index is 11.3. The quantitative estimate of drug-likeness (QED) is 0.809. The number of benzene rings is 2. The van der Waals surface area contributed by atoms with Crippen LogP contribution < -0.4 is 0 Å². The number of carboxylic acid groups (broad SMARTS) is 1. The van der Waals surface area contributed by atoms with E-state index in [1.54, 1.807) is 6.08 Å². The van der Waals surface area contributed by atoms with Gasteiger partial charge in [0.2, 0.25) is 0 Å². The molecule has 2 heteroatoms. The van der Waals surface area contributed by atoms with Crippen molar-refractivity contribution in [2.45, 2.75) is 20.8 Å². The van der Waals surface area contributed by atoms with Crippen molar-refractivity contribution in [3.8, 4) is 0 Å². The number of hydrogen-bond acceptors (Lipinski definition) is 1. The Morgan fingerprint density at radius 2 is 1.68 bits per heavy atom. The van der Waals surface area contributed by atoms with Crippen LogP contribution in [0.4, 0.5) is 0 Å². The molecule has 1 N–H and O–H groups in total. The molecule has 2 nitrogen and oxygen atoms in total. The highest BCUT2D eigenvalue weighted by molar-refractivity contribution is 5.94. The Balaban J connectivity index is 2.52. The van der Waals surface area contributed by atoms with Crippen molar-refractivity contribution in [2.24, 2.45) is 5.41 Å². The minimum atomic E-state index is -0.861. The van der Waals surface area contributed by atoms with Crippen molar-refractivity contribution in [2.75, 3.05) is 0 Å². The van der Waals surface area contributed by atoms with Crippen LogP contribution in [0.15, 0.2) is 48.0 Å². The summed E-state index contributed by atoms with van der Waals surface area (Å²) in [6, 6.07) is 14.0. The second-order valence-corrected chi connectivity index (χ2v) is 5.72. The highest BCUT2D eigenvalue weighted by atomic mass is 16.4. The van der Waals surface area contributed by atoms with Crippen LogP contribution in [0.3, 0.4) is 0 Å². The molecule has 2 rings (SSSR count). The molecule has 0 saturated heterocycles. The Bertz CT molecular complexity index is 646. The van der Waals surface area contributed by atoms with Crippen molar-refractivity contribution in [3.63, 3.8) is 0 Å². The van der Waals surface area contributed by atoms with Crippen molar-refractivity contribution < 1.29 is 9.90 Å². The zero-order valence-electron chi connectivity index (χ0n) is 11.5. The minimum absolute atomic E-state index is 0.378. The molecule has 98 valence electrons. The number of carbonyl (C=O) groups is 1. The molecule has 2 aromatic rings. The average Bonchev–Trinajstić information content (AvgIpc) is 2.34. The fraction of sp³-hybridized carbons (Fsp3) is 0.235. The molecular weight excluding hydrogens is 236 g/mol. The van der Waals surface area contributed by atoms with E-state index < -0.39 is 5.97 Å². The van der Waals surface area contributed by atoms with Crippen molar-refractivity contribution in [3.05, 3.63) is 53.6 Å². The predicted molar refractivity (Wildman–Crippen MR) is 79.0 cm³/mol. The first-order valence-corrected chi connectivity index (χ1v) is 6.32. The fourth-order valence-electron chi connectivity index (χ4n) is 2.06. The summed E-state index contributed by atoms with van der Waals surface area (Å²) in [4.78, 5) is 11.3.